The summed E-state index contributed by atoms with van der Waals surface area (Å²) in [4.78, 5) is 17.9. The predicted octanol–water partition coefficient (Wildman–Crippen LogP) is 3.96. The molecule has 0 bridgehead atoms. The molecule has 1 aliphatic rings. The van der Waals surface area contributed by atoms with E-state index in [0.717, 1.165) is 38.0 Å². The van der Waals surface area contributed by atoms with E-state index >= 15 is 0 Å². The fourth-order valence-electron chi connectivity index (χ4n) is 3.87. The Balaban J connectivity index is 1.32. The van der Waals surface area contributed by atoms with Gasteiger partial charge in [0.1, 0.15) is 18.8 Å². The molecule has 9 heteroatoms. The summed E-state index contributed by atoms with van der Waals surface area (Å²) < 4.78 is 28.9. The van der Waals surface area contributed by atoms with Crippen molar-refractivity contribution in [2.24, 2.45) is 0 Å². The summed E-state index contributed by atoms with van der Waals surface area (Å²) in [5.41, 5.74) is 2.33. The van der Waals surface area contributed by atoms with Crippen molar-refractivity contribution in [2.45, 2.75) is 25.4 Å². The van der Waals surface area contributed by atoms with Crippen LogP contribution in [-0.2, 0) is 6.54 Å². The summed E-state index contributed by atoms with van der Waals surface area (Å²) in [5.74, 6) is 0.156. The number of likely N-dealkylation sites (tertiary alicyclic amines) is 1. The molecule has 2 aromatic carbocycles. The van der Waals surface area contributed by atoms with Gasteiger partial charge in [0.25, 0.3) is 6.01 Å². The topological polar surface area (TPSA) is 97.1 Å². The highest BCUT2D eigenvalue weighted by Gasteiger charge is 2.21. The Hall–Kier alpha value is -3.33. The number of hydrogen-bond donors (Lipinski definition) is 2. The molecular formula is C23H26FN3O5. The van der Waals surface area contributed by atoms with Crippen molar-refractivity contribution in [2.75, 3.05) is 38.8 Å². The summed E-state index contributed by atoms with van der Waals surface area (Å²) in [6, 6.07) is 11.0. The molecule has 32 heavy (non-hydrogen) atoms. The van der Waals surface area contributed by atoms with Crippen LogP contribution in [0.5, 0.6) is 11.5 Å². The van der Waals surface area contributed by atoms with E-state index < -0.39 is 12.6 Å². The zero-order valence-corrected chi connectivity index (χ0v) is 17.8. The summed E-state index contributed by atoms with van der Waals surface area (Å²) in [6.45, 7) is 2.02. The van der Waals surface area contributed by atoms with E-state index in [1.54, 1.807) is 13.2 Å². The number of halogens is 1. The largest absolute Gasteiger partial charge is 0.493 e. The van der Waals surface area contributed by atoms with E-state index in [1.165, 1.54) is 12.1 Å². The third kappa shape index (κ3) is 5.11. The molecule has 0 aliphatic carbocycles. The van der Waals surface area contributed by atoms with E-state index in [9.17, 15) is 9.18 Å². The lowest BCUT2D eigenvalue weighted by molar-refractivity contribution is 0.0697. The average Bonchev–Trinajstić information content (AvgIpc) is 3.20. The molecule has 2 N–H and O–H groups in total. The monoisotopic (exact) mass is 443 g/mol. The van der Waals surface area contributed by atoms with Crippen LogP contribution >= 0.6 is 0 Å². The van der Waals surface area contributed by atoms with Gasteiger partial charge in [-0.2, -0.15) is 4.98 Å². The second-order valence-corrected chi connectivity index (χ2v) is 7.72. The molecule has 0 radical (unpaired) electrons. The SMILES string of the molecule is COc1ccc(CN2CCC(Nc3nc4ccc(C(=O)O)cc4o3)CC2)cc1OCCF. The number of rotatable bonds is 9. The first-order valence-electron chi connectivity index (χ1n) is 10.5. The summed E-state index contributed by atoms with van der Waals surface area (Å²) in [6.07, 6.45) is 1.83. The first kappa shape index (κ1) is 21.9. The summed E-state index contributed by atoms with van der Waals surface area (Å²) >= 11 is 0. The number of methoxy groups -OCH3 is 1. The Kier molecular flexibility index (Phi) is 6.75. The van der Waals surface area contributed by atoms with Crippen LogP contribution in [0, 0.1) is 0 Å². The quantitative estimate of drug-likeness (QED) is 0.513. The standard InChI is InChI=1S/C23H26FN3O5/c1-30-19-5-2-15(12-21(19)31-11-8-24)14-27-9-6-17(7-10-27)25-23-26-18-4-3-16(22(28)29)13-20(18)32-23/h2-5,12-13,17H,6-11,14H2,1H3,(H,25,26)(H,28,29). The van der Waals surface area contributed by atoms with Gasteiger partial charge in [0.05, 0.1) is 12.7 Å². The second-order valence-electron chi connectivity index (χ2n) is 7.72. The Morgan fingerprint density at radius 3 is 2.78 bits per heavy atom. The third-order valence-corrected chi connectivity index (χ3v) is 5.52. The lowest BCUT2D eigenvalue weighted by atomic mass is 10.0. The zero-order valence-electron chi connectivity index (χ0n) is 17.8. The Bertz CT molecular complexity index is 1080. The van der Waals surface area contributed by atoms with Gasteiger partial charge in [0, 0.05) is 25.7 Å². The number of nitrogens with zero attached hydrogens (tertiary/aromatic N) is 2. The van der Waals surface area contributed by atoms with Crippen molar-refractivity contribution >= 4 is 23.1 Å². The maximum atomic E-state index is 12.5. The van der Waals surface area contributed by atoms with Crippen molar-refractivity contribution in [1.29, 1.82) is 0 Å². The van der Waals surface area contributed by atoms with Gasteiger partial charge in [-0.3, -0.25) is 4.90 Å². The zero-order chi connectivity index (χ0) is 22.5. The maximum Gasteiger partial charge on any atom is 0.335 e. The summed E-state index contributed by atoms with van der Waals surface area (Å²) in [5, 5.41) is 12.4. The minimum atomic E-state index is -0.997. The fraction of sp³-hybridized carbons (Fsp3) is 0.391. The number of carboxylic acids is 1. The Labute approximate surface area is 184 Å². The molecular weight excluding hydrogens is 417 g/mol. The number of fused-ring (bicyclic) bond motifs is 1. The number of carbonyl (C=O) groups is 1. The fourth-order valence-corrected chi connectivity index (χ4v) is 3.87. The van der Waals surface area contributed by atoms with Gasteiger partial charge in [-0.05, 0) is 48.7 Å². The molecule has 1 fully saturated rings. The lowest BCUT2D eigenvalue weighted by Crippen LogP contribution is -2.38. The first-order valence-corrected chi connectivity index (χ1v) is 10.5. The number of ether oxygens (including phenoxy) is 2. The molecule has 3 aromatic rings. The second kappa shape index (κ2) is 9.86. The van der Waals surface area contributed by atoms with Crippen molar-refractivity contribution in [3.8, 4) is 11.5 Å². The van der Waals surface area contributed by atoms with Crippen LogP contribution in [0.3, 0.4) is 0 Å². The van der Waals surface area contributed by atoms with Gasteiger partial charge in [-0.15, -0.1) is 0 Å². The van der Waals surface area contributed by atoms with Crippen LogP contribution < -0.4 is 14.8 Å². The van der Waals surface area contributed by atoms with Crippen molar-refractivity contribution in [3.63, 3.8) is 0 Å². The summed E-state index contributed by atoms with van der Waals surface area (Å²) in [7, 11) is 1.57. The highest BCUT2D eigenvalue weighted by atomic mass is 19.1. The molecule has 8 nitrogen and oxygen atoms in total. The van der Waals surface area contributed by atoms with E-state index in [2.05, 4.69) is 15.2 Å². The minimum Gasteiger partial charge on any atom is -0.493 e. The van der Waals surface area contributed by atoms with Crippen LogP contribution in [-0.4, -0.2) is 60.5 Å². The number of carboxylic acid groups (broad SMARTS) is 1. The maximum absolute atomic E-state index is 12.5. The van der Waals surface area contributed by atoms with E-state index in [-0.39, 0.29) is 18.2 Å². The Morgan fingerprint density at radius 1 is 1.25 bits per heavy atom. The third-order valence-electron chi connectivity index (χ3n) is 5.52. The number of anilines is 1. The number of aromatic nitrogens is 1. The van der Waals surface area contributed by atoms with Crippen molar-refractivity contribution in [1.82, 2.24) is 9.88 Å². The minimum absolute atomic E-state index is 0.00429. The van der Waals surface area contributed by atoms with Crippen LogP contribution in [0.25, 0.3) is 11.1 Å². The van der Waals surface area contributed by atoms with Gasteiger partial charge in [-0.1, -0.05) is 6.07 Å². The van der Waals surface area contributed by atoms with Crippen LogP contribution in [0.15, 0.2) is 40.8 Å². The van der Waals surface area contributed by atoms with Gasteiger partial charge < -0.3 is 24.3 Å². The number of benzene rings is 2. The molecule has 0 unspecified atom stereocenters. The molecule has 0 spiro atoms. The average molecular weight is 443 g/mol. The van der Waals surface area contributed by atoms with Crippen molar-refractivity contribution < 1.29 is 28.2 Å². The molecule has 0 saturated carbocycles. The highest BCUT2D eigenvalue weighted by Crippen LogP contribution is 2.29. The molecule has 1 aliphatic heterocycles. The first-order chi connectivity index (χ1) is 15.6. The van der Waals surface area contributed by atoms with E-state index in [0.29, 0.717) is 28.6 Å². The lowest BCUT2D eigenvalue weighted by Gasteiger charge is -2.32. The number of hydrogen-bond acceptors (Lipinski definition) is 7. The van der Waals surface area contributed by atoms with E-state index in [4.69, 9.17) is 19.0 Å². The van der Waals surface area contributed by atoms with Gasteiger partial charge in [-0.25, -0.2) is 9.18 Å². The highest BCUT2D eigenvalue weighted by molar-refractivity contribution is 5.92. The number of oxazole rings is 1. The molecule has 1 aromatic heterocycles. The predicted molar refractivity (Wildman–Crippen MR) is 117 cm³/mol. The molecule has 2 heterocycles. The van der Waals surface area contributed by atoms with Gasteiger partial charge >= 0.3 is 5.97 Å². The molecule has 0 amide bonds. The Morgan fingerprint density at radius 2 is 2.06 bits per heavy atom. The van der Waals surface area contributed by atoms with E-state index in [1.807, 2.05) is 18.2 Å². The molecule has 170 valence electrons. The number of piperidine rings is 1. The molecule has 0 atom stereocenters. The molecule has 1 saturated heterocycles. The van der Waals surface area contributed by atoms with Gasteiger partial charge in [0.2, 0.25) is 0 Å². The number of alkyl halides is 1. The number of aromatic carboxylic acids is 1. The smallest absolute Gasteiger partial charge is 0.335 e. The van der Waals surface area contributed by atoms with Crippen LogP contribution in [0.2, 0.25) is 0 Å². The van der Waals surface area contributed by atoms with Crippen molar-refractivity contribution in [3.05, 3.63) is 47.5 Å². The number of nitrogens with one attached hydrogen (secondary N) is 1. The molecule has 4 rings (SSSR count). The van der Waals surface area contributed by atoms with Gasteiger partial charge in [0.15, 0.2) is 17.1 Å². The van der Waals surface area contributed by atoms with Crippen LogP contribution in [0.1, 0.15) is 28.8 Å². The van der Waals surface area contributed by atoms with Crippen LogP contribution in [0.4, 0.5) is 10.4 Å². The normalized spacial score (nSPS) is 15.1.